The molecule has 0 saturated heterocycles. The Morgan fingerprint density at radius 3 is 2.34 bits per heavy atom. The lowest BCUT2D eigenvalue weighted by molar-refractivity contribution is -0.142. The monoisotopic (exact) mass is 493 g/mol. The van der Waals surface area contributed by atoms with Crippen molar-refractivity contribution >= 4 is 23.6 Å². The first-order valence-corrected chi connectivity index (χ1v) is 12.7. The molecule has 0 heterocycles. The van der Waals surface area contributed by atoms with Gasteiger partial charge in [0.25, 0.3) is 5.91 Å². The predicted molar refractivity (Wildman–Crippen MR) is 139 cm³/mol. The first-order valence-electron chi connectivity index (χ1n) is 11.3. The van der Waals surface area contributed by atoms with Gasteiger partial charge in [0, 0.05) is 5.56 Å². The highest BCUT2D eigenvalue weighted by atomic mass is 32.2. The number of aromatic hydroxyl groups is 1. The summed E-state index contributed by atoms with van der Waals surface area (Å²) < 4.78 is 10.8. The van der Waals surface area contributed by atoms with Crippen molar-refractivity contribution in [3.8, 4) is 16.9 Å². The number of methoxy groups -OCH3 is 1. The van der Waals surface area contributed by atoms with Crippen molar-refractivity contribution in [1.29, 1.82) is 0 Å². The van der Waals surface area contributed by atoms with E-state index >= 15 is 0 Å². The van der Waals surface area contributed by atoms with Gasteiger partial charge >= 0.3 is 5.97 Å². The molecule has 3 aromatic rings. The molecule has 7 heteroatoms. The van der Waals surface area contributed by atoms with Gasteiger partial charge in [0.2, 0.25) is 0 Å². The molecule has 184 valence electrons. The van der Waals surface area contributed by atoms with Crippen LogP contribution in [0, 0.1) is 6.92 Å². The van der Waals surface area contributed by atoms with Crippen molar-refractivity contribution in [2.24, 2.45) is 0 Å². The summed E-state index contributed by atoms with van der Waals surface area (Å²) in [6, 6.07) is 19.7. The van der Waals surface area contributed by atoms with Gasteiger partial charge < -0.3 is 19.9 Å². The lowest BCUT2D eigenvalue weighted by Crippen LogP contribution is -2.42. The van der Waals surface area contributed by atoms with Crippen molar-refractivity contribution < 1.29 is 24.2 Å². The van der Waals surface area contributed by atoms with E-state index in [4.69, 9.17) is 9.47 Å². The lowest BCUT2D eigenvalue weighted by atomic mass is 9.93. The number of nitrogens with one attached hydrogen (secondary N) is 1. The summed E-state index contributed by atoms with van der Waals surface area (Å²) in [5.74, 6) is 0.163. The van der Waals surface area contributed by atoms with E-state index in [1.165, 1.54) is 7.11 Å². The summed E-state index contributed by atoms with van der Waals surface area (Å²) in [5.41, 5.74) is 5.12. The van der Waals surface area contributed by atoms with Crippen molar-refractivity contribution in [3.05, 3.63) is 89.0 Å². The number of hydrogen-bond donors (Lipinski definition) is 2. The number of ether oxygens (including phenoxy) is 2. The fraction of sp³-hybridized carbons (Fsp3) is 0.286. The highest BCUT2D eigenvalue weighted by molar-refractivity contribution is 7.98. The minimum atomic E-state index is -0.710. The summed E-state index contributed by atoms with van der Waals surface area (Å²) >= 11 is 1.61. The number of carbonyl (C=O) groups excluding carboxylic acids is 2. The normalized spacial score (nSPS) is 11.6. The minimum Gasteiger partial charge on any atom is -0.508 e. The zero-order valence-electron chi connectivity index (χ0n) is 20.2. The van der Waals surface area contributed by atoms with E-state index in [2.05, 4.69) is 5.32 Å². The van der Waals surface area contributed by atoms with Crippen LogP contribution in [-0.2, 0) is 27.5 Å². The second-order valence-corrected chi connectivity index (χ2v) is 9.17. The summed E-state index contributed by atoms with van der Waals surface area (Å²) in [6.07, 6.45) is 2.44. The molecule has 2 N–H and O–H groups in total. The van der Waals surface area contributed by atoms with E-state index in [1.807, 2.05) is 61.7 Å². The largest absolute Gasteiger partial charge is 0.508 e. The van der Waals surface area contributed by atoms with Gasteiger partial charge in [-0.3, -0.25) is 4.79 Å². The Labute approximate surface area is 210 Å². The van der Waals surface area contributed by atoms with Crippen LogP contribution >= 0.6 is 11.8 Å². The molecule has 35 heavy (non-hydrogen) atoms. The van der Waals surface area contributed by atoms with Crippen LogP contribution < -0.4 is 5.32 Å². The smallest absolute Gasteiger partial charge is 0.328 e. The Balaban J connectivity index is 1.84. The van der Waals surface area contributed by atoms with Crippen molar-refractivity contribution in [1.82, 2.24) is 5.32 Å². The molecule has 3 rings (SSSR count). The maximum absolute atomic E-state index is 13.3. The van der Waals surface area contributed by atoms with E-state index in [1.54, 1.807) is 30.0 Å². The van der Waals surface area contributed by atoms with Gasteiger partial charge in [-0.1, -0.05) is 42.5 Å². The van der Waals surface area contributed by atoms with Gasteiger partial charge in [0.1, 0.15) is 11.8 Å². The molecule has 0 aromatic heterocycles. The average Bonchev–Trinajstić information content (AvgIpc) is 2.87. The van der Waals surface area contributed by atoms with Gasteiger partial charge in [-0.25, -0.2) is 4.79 Å². The quantitative estimate of drug-likeness (QED) is 0.361. The highest BCUT2D eigenvalue weighted by Gasteiger charge is 2.23. The second-order valence-electron chi connectivity index (χ2n) is 8.18. The summed E-state index contributed by atoms with van der Waals surface area (Å²) in [6.45, 7) is 2.76. The number of thioether (sulfide) groups is 1. The summed E-state index contributed by atoms with van der Waals surface area (Å²) in [5, 5.41) is 12.3. The Bertz CT molecular complexity index is 1150. The average molecular weight is 494 g/mol. The van der Waals surface area contributed by atoms with Crippen LogP contribution in [0.25, 0.3) is 11.1 Å². The molecule has 0 bridgehead atoms. The zero-order chi connectivity index (χ0) is 25.2. The van der Waals surface area contributed by atoms with E-state index in [0.29, 0.717) is 25.2 Å². The van der Waals surface area contributed by atoms with Crippen LogP contribution in [0.4, 0.5) is 0 Å². The topological polar surface area (TPSA) is 84.9 Å². The Kier molecular flexibility index (Phi) is 9.76. The van der Waals surface area contributed by atoms with Crippen LogP contribution in [0.1, 0.15) is 33.5 Å². The molecule has 0 saturated carbocycles. The number of aryl methyl sites for hydroxylation is 1. The number of phenols is 1. The van der Waals surface area contributed by atoms with Crippen molar-refractivity contribution in [3.63, 3.8) is 0 Å². The molecule has 0 aliphatic carbocycles. The Morgan fingerprint density at radius 1 is 0.971 bits per heavy atom. The lowest BCUT2D eigenvalue weighted by Gasteiger charge is -2.19. The number of phenolic OH excluding ortho intramolecular Hbond substituents is 1. The standard InChI is InChI=1S/C28H31NO5S/c1-19-6-4-5-7-23(19)25-16-21(18-34-17-20-8-11-22(30)12-9-20)10-13-24(25)27(31)29-26(14-15-35-3)28(32)33-2/h4-13,16,26,30H,14-15,17-18H2,1-3H3,(H,29,31)/t26-/m0/s1. The zero-order valence-corrected chi connectivity index (χ0v) is 21.1. The molecule has 0 radical (unpaired) electrons. The van der Waals surface area contributed by atoms with E-state index in [9.17, 15) is 14.7 Å². The molecule has 0 aliphatic heterocycles. The summed E-state index contributed by atoms with van der Waals surface area (Å²) in [4.78, 5) is 25.5. The number of benzene rings is 3. The number of carbonyl (C=O) groups is 2. The number of hydrogen-bond acceptors (Lipinski definition) is 6. The third-order valence-electron chi connectivity index (χ3n) is 5.64. The minimum absolute atomic E-state index is 0.216. The van der Waals surface area contributed by atoms with Crippen LogP contribution in [0.15, 0.2) is 66.7 Å². The first-order chi connectivity index (χ1) is 16.9. The van der Waals surface area contributed by atoms with Crippen molar-refractivity contribution in [2.45, 2.75) is 32.6 Å². The van der Waals surface area contributed by atoms with Gasteiger partial charge in [-0.15, -0.1) is 0 Å². The highest BCUT2D eigenvalue weighted by Crippen LogP contribution is 2.29. The van der Waals surface area contributed by atoms with Crippen molar-refractivity contribution in [2.75, 3.05) is 19.1 Å². The molecule has 0 unspecified atom stereocenters. The van der Waals surface area contributed by atoms with Gasteiger partial charge in [-0.2, -0.15) is 11.8 Å². The third kappa shape index (κ3) is 7.34. The summed E-state index contributed by atoms with van der Waals surface area (Å²) in [7, 11) is 1.33. The maximum atomic E-state index is 13.3. The van der Waals surface area contributed by atoms with Crippen LogP contribution in [0.3, 0.4) is 0 Å². The van der Waals surface area contributed by atoms with Crippen LogP contribution in [-0.4, -0.2) is 42.1 Å². The van der Waals surface area contributed by atoms with Gasteiger partial charge in [0.15, 0.2) is 0 Å². The molecule has 1 atom stereocenters. The molecule has 0 spiro atoms. The third-order valence-corrected chi connectivity index (χ3v) is 6.28. The molecular formula is C28H31NO5S. The van der Waals surface area contributed by atoms with E-state index in [0.717, 1.165) is 33.6 Å². The van der Waals surface area contributed by atoms with Crippen LogP contribution in [0.5, 0.6) is 5.75 Å². The molecule has 3 aromatic carbocycles. The fourth-order valence-corrected chi connectivity index (χ4v) is 4.19. The first kappa shape index (κ1) is 26.3. The molecule has 6 nitrogen and oxygen atoms in total. The molecule has 0 aliphatic rings. The predicted octanol–water partition coefficient (Wildman–Crippen LogP) is 5.11. The number of rotatable bonds is 11. The Morgan fingerprint density at radius 2 is 1.66 bits per heavy atom. The SMILES string of the molecule is COC(=O)[C@H](CCSC)NC(=O)c1ccc(COCc2ccc(O)cc2)cc1-c1ccccc1C. The molecule has 1 amide bonds. The number of amides is 1. The maximum Gasteiger partial charge on any atom is 0.328 e. The van der Waals surface area contributed by atoms with Gasteiger partial charge in [0.05, 0.1) is 20.3 Å². The molecule has 0 fully saturated rings. The van der Waals surface area contributed by atoms with Crippen LogP contribution in [0.2, 0.25) is 0 Å². The van der Waals surface area contributed by atoms with Gasteiger partial charge in [-0.05, 0) is 77.4 Å². The second kappa shape index (κ2) is 13.0. The van der Waals surface area contributed by atoms with E-state index < -0.39 is 12.0 Å². The number of esters is 1. The van der Waals surface area contributed by atoms with E-state index in [-0.39, 0.29) is 11.7 Å². The fourth-order valence-electron chi connectivity index (χ4n) is 3.72. The molecular weight excluding hydrogens is 462 g/mol. The Hall–Kier alpha value is -3.29.